The summed E-state index contributed by atoms with van der Waals surface area (Å²) in [5.74, 6) is 0.982. The standard InChI is InChI=1S/C18H21NO3/c1-18(2,14-9-5-4-6-10-14)19-17(20)13-22-16-12-8-7-11-15(16)21-3/h4-12H,13H2,1-3H3,(H,19,20). The monoisotopic (exact) mass is 299 g/mol. The van der Waals surface area contributed by atoms with Crippen LogP contribution in [-0.2, 0) is 10.3 Å². The zero-order chi connectivity index (χ0) is 16.0. The highest BCUT2D eigenvalue weighted by atomic mass is 16.5. The molecule has 4 heteroatoms. The quantitative estimate of drug-likeness (QED) is 0.891. The number of para-hydroxylation sites is 2. The highest BCUT2D eigenvalue weighted by molar-refractivity contribution is 5.78. The van der Waals surface area contributed by atoms with Gasteiger partial charge in [-0.05, 0) is 31.5 Å². The third kappa shape index (κ3) is 4.01. The molecular weight excluding hydrogens is 278 g/mol. The zero-order valence-corrected chi connectivity index (χ0v) is 13.1. The van der Waals surface area contributed by atoms with Crippen molar-refractivity contribution in [1.82, 2.24) is 5.32 Å². The summed E-state index contributed by atoms with van der Waals surface area (Å²) in [5.41, 5.74) is 0.586. The smallest absolute Gasteiger partial charge is 0.258 e. The lowest BCUT2D eigenvalue weighted by atomic mass is 9.94. The van der Waals surface area contributed by atoms with Crippen molar-refractivity contribution in [2.24, 2.45) is 0 Å². The van der Waals surface area contributed by atoms with Crippen LogP contribution in [0.1, 0.15) is 19.4 Å². The summed E-state index contributed by atoms with van der Waals surface area (Å²) in [7, 11) is 1.57. The van der Waals surface area contributed by atoms with Gasteiger partial charge in [0.05, 0.1) is 12.6 Å². The average molecular weight is 299 g/mol. The Kier molecular flexibility index (Phi) is 5.04. The van der Waals surface area contributed by atoms with E-state index in [9.17, 15) is 4.79 Å². The second-order valence-corrected chi connectivity index (χ2v) is 5.48. The average Bonchev–Trinajstić information content (AvgIpc) is 2.53. The largest absolute Gasteiger partial charge is 0.493 e. The van der Waals surface area contributed by atoms with Gasteiger partial charge in [0.2, 0.25) is 0 Å². The van der Waals surface area contributed by atoms with Crippen LogP contribution in [0.2, 0.25) is 0 Å². The molecule has 0 aromatic heterocycles. The first kappa shape index (κ1) is 15.9. The maximum absolute atomic E-state index is 12.1. The third-order valence-electron chi connectivity index (χ3n) is 3.38. The van der Waals surface area contributed by atoms with E-state index in [1.165, 1.54) is 0 Å². The fourth-order valence-electron chi connectivity index (χ4n) is 2.19. The summed E-state index contributed by atoms with van der Waals surface area (Å²) in [6, 6.07) is 17.1. The number of carbonyl (C=O) groups excluding carboxylic acids is 1. The fraction of sp³-hybridized carbons (Fsp3) is 0.278. The summed E-state index contributed by atoms with van der Waals surface area (Å²) in [4.78, 5) is 12.1. The Hall–Kier alpha value is -2.49. The molecule has 4 nitrogen and oxygen atoms in total. The fourth-order valence-corrected chi connectivity index (χ4v) is 2.19. The van der Waals surface area contributed by atoms with Gasteiger partial charge in [-0.1, -0.05) is 42.5 Å². The van der Waals surface area contributed by atoms with Crippen molar-refractivity contribution < 1.29 is 14.3 Å². The number of methoxy groups -OCH3 is 1. The number of hydrogen-bond donors (Lipinski definition) is 1. The van der Waals surface area contributed by atoms with Crippen LogP contribution >= 0.6 is 0 Å². The zero-order valence-electron chi connectivity index (χ0n) is 13.1. The lowest BCUT2D eigenvalue weighted by Gasteiger charge is -2.27. The Labute approximate surface area is 131 Å². The van der Waals surface area contributed by atoms with Gasteiger partial charge >= 0.3 is 0 Å². The predicted molar refractivity (Wildman–Crippen MR) is 86.1 cm³/mol. The van der Waals surface area contributed by atoms with Gasteiger partial charge in [0.1, 0.15) is 0 Å². The Bertz CT molecular complexity index is 623. The van der Waals surface area contributed by atoms with Gasteiger partial charge in [-0.15, -0.1) is 0 Å². The van der Waals surface area contributed by atoms with Crippen molar-refractivity contribution in [2.75, 3.05) is 13.7 Å². The SMILES string of the molecule is COc1ccccc1OCC(=O)NC(C)(C)c1ccccc1. The number of benzene rings is 2. The highest BCUT2D eigenvalue weighted by Crippen LogP contribution is 2.25. The van der Waals surface area contributed by atoms with Crippen LogP contribution in [0.25, 0.3) is 0 Å². The van der Waals surface area contributed by atoms with Gasteiger partial charge in [-0.25, -0.2) is 0 Å². The van der Waals surface area contributed by atoms with Gasteiger partial charge in [0.15, 0.2) is 18.1 Å². The third-order valence-corrected chi connectivity index (χ3v) is 3.38. The topological polar surface area (TPSA) is 47.6 Å². The minimum absolute atomic E-state index is 0.0589. The highest BCUT2D eigenvalue weighted by Gasteiger charge is 2.22. The Balaban J connectivity index is 1.96. The molecule has 0 saturated heterocycles. The molecule has 0 aliphatic carbocycles. The summed E-state index contributed by atoms with van der Waals surface area (Å²) >= 11 is 0. The second-order valence-electron chi connectivity index (χ2n) is 5.48. The van der Waals surface area contributed by atoms with E-state index in [0.29, 0.717) is 11.5 Å². The summed E-state index contributed by atoms with van der Waals surface area (Å²) in [6.45, 7) is 3.86. The summed E-state index contributed by atoms with van der Waals surface area (Å²) in [6.07, 6.45) is 0. The van der Waals surface area contributed by atoms with Gasteiger partial charge in [0, 0.05) is 0 Å². The summed E-state index contributed by atoms with van der Waals surface area (Å²) in [5, 5.41) is 2.98. The molecule has 2 rings (SSSR count). The summed E-state index contributed by atoms with van der Waals surface area (Å²) < 4.78 is 10.7. The van der Waals surface area contributed by atoms with E-state index in [-0.39, 0.29) is 12.5 Å². The van der Waals surface area contributed by atoms with Crippen LogP contribution in [0.5, 0.6) is 11.5 Å². The number of nitrogens with one attached hydrogen (secondary N) is 1. The van der Waals surface area contributed by atoms with Crippen molar-refractivity contribution in [2.45, 2.75) is 19.4 Å². The van der Waals surface area contributed by atoms with Crippen molar-refractivity contribution in [3.8, 4) is 11.5 Å². The minimum atomic E-state index is -0.456. The molecule has 0 radical (unpaired) electrons. The molecule has 22 heavy (non-hydrogen) atoms. The van der Waals surface area contributed by atoms with Crippen LogP contribution in [0.3, 0.4) is 0 Å². The van der Waals surface area contributed by atoms with Crippen molar-refractivity contribution in [1.29, 1.82) is 0 Å². The Morgan fingerprint density at radius 1 is 1.00 bits per heavy atom. The number of rotatable bonds is 6. The van der Waals surface area contributed by atoms with E-state index in [1.807, 2.05) is 56.3 Å². The first-order valence-electron chi connectivity index (χ1n) is 7.15. The molecule has 1 N–H and O–H groups in total. The Morgan fingerprint density at radius 2 is 1.59 bits per heavy atom. The molecule has 0 aliphatic heterocycles. The molecule has 0 spiro atoms. The molecule has 0 fully saturated rings. The normalized spacial score (nSPS) is 10.9. The van der Waals surface area contributed by atoms with Gasteiger partial charge < -0.3 is 14.8 Å². The van der Waals surface area contributed by atoms with Crippen LogP contribution in [0.15, 0.2) is 54.6 Å². The molecule has 1 amide bonds. The molecule has 2 aromatic rings. The van der Waals surface area contributed by atoms with Gasteiger partial charge in [-0.3, -0.25) is 4.79 Å². The number of amides is 1. The first-order valence-corrected chi connectivity index (χ1v) is 7.15. The second kappa shape index (κ2) is 6.98. The van der Waals surface area contributed by atoms with Crippen LogP contribution < -0.4 is 14.8 Å². The lowest BCUT2D eigenvalue weighted by Crippen LogP contribution is -2.43. The molecule has 0 atom stereocenters. The number of carbonyl (C=O) groups is 1. The van der Waals surface area contributed by atoms with Gasteiger partial charge in [-0.2, -0.15) is 0 Å². The molecule has 2 aromatic carbocycles. The first-order chi connectivity index (χ1) is 10.5. The molecule has 0 aliphatic rings. The van der Waals surface area contributed by atoms with Crippen LogP contribution in [0, 0.1) is 0 Å². The Morgan fingerprint density at radius 3 is 2.23 bits per heavy atom. The molecule has 0 saturated carbocycles. The molecule has 0 heterocycles. The minimum Gasteiger partial charge on any atom is -0.493 e. The molecular formula is C18H21NO3. The van der Waals surface area contributed by atoms with Crippen LogP contribution in [0.4, 0.5) is 0 Å². The molecule has 0 bridgehead atoms. The maximum Gasteiger partial charge on any atom is 0.258 e. The van der Waals surface area contributed by atoms with E-state index >= 15 is 0 Å². The molecule has 116 valence electrons. The van der Waals surface area contributed by atoms with Gasteiger partial charge in [0.25, 0.3) is 5.91 Å². The predicted octanol–water partition coefficient (Wildman–Crippen LogP) is 3.13. The number of hydrogen-bond acceptors (Lipinski definition) is 3. The van der Waals surface area contributed by atoms with E-state index in [1.54, 1.807) is 19.2 Å². The van der Waals surface area contributed by atoms with E-state index < -0.39 is 5.54 Å². The van der Waals surface area contributed by atoms with Crippen molar-refractivity contribution in [3.05, 3.63) is 60.2 Å². The van der Waals surface area contributed by atoms with Crippen molar-refractivity contribution in [3.63, 3.8) is 0 Å². The van der Waals surface area contributed by atoms with Crippen molar-refractivity contribution >= 4 is 5.91 Å². The van der Waals surface area contributed by atoms with E-state index in [0.717, 1.165) is 5.56 Å². The number of ether oxygens (including phenoxy) is 2. The van der Waals surface area contributed by atoms with E-state index in [4.69, 9.17) is 9.47 Å². The van der Waals surface area contributed by atoms with E-state index in [2.05, 4.69) is 5.32 Å². The molecule has 0 unspecified atom stereocenters. The van der Waals surface area contributed by atoms with Crippen LogP contribution in [-0.4, -0.2) is 19.6 Å². The lowest BCUT2D eigenvalue weighted by molar-refractivity contribution is -0.124. The maximum atomic E-state index is 12.1.